The van der Waals surface area contributed by atoms with Gasteiger partial charge in [-0.25, -0.2) is 4.79 Å². The highest BCUT2D eigenvalue weighted by Crippen LogP contribution is 2.51. The van der Waals surface area contributed by atoms with Crippen molar-refractivity contribution >= 4 is 34.2 Å². The van der Waals surface area contributed by atoms with Crippen LogP contribution in [0.25, 0.3) is 16.7 Å². The average Bonchev–Trinajstić information content (AvgIpc) is 3.11. The number of aryl methyl sites for hydroxylation is 2. The molecule has 0 saturated heterocycles. The zero-order valence-electron chi connectivity index (χ0n) is 17.3. The van der Waals surface area contributed by atoms with E-state index >= 15 is 0 Å². The molecule has 0 aliphatic carbocycles. The quantitative estimate of drug-likeness (QED) is 0.348. The van der Waals surface area contributed by atoms with Crippen molar-refractivity contribution < 1.29 is 13.9 Å². The van der Waals surface area contributed by atoms with E-state index in [1.807, 2.05) is 26.0 Å². The van der Waals surface area contributed by atoms with E-state index < -0.39 is 0 Å². The first-order chi connectivity index (χ1) is 15.4. The van der Waals surface area contributed by atoms with Crippen molar-refractivity contribution in [2.45, 2.75) is 19.8 Å². The fourth-order valence-corrected chi connectivity index (χ4v) is 5.24. The number of hydrogen-bond acceptors (Lipinski definition) is 5. The summed E-state index contributed by atoms with van der Waals surface area (Å²) in [6, 6.07) is 10.6. The fourth-order valence-electron chi connectivity index (χ4n) is 4.87. The minimum atomic E-state index is -0.379. The summed E-state index contributed by atoms with van der Waals surface area (Å²) in [6.07, 6.45) is 0. The third-order valence-electron chi connectivity index (χ3n) is 6.30. The van der Waals surface area contributed by atoms with Crippen molar-refractivity contribution in [3.05, 3.63) is 79.2 Å². The van der Waals surface area contributed by atoms with Crippen LogP contribution < -0.4 is 15.1 Å². The van der Waals surface area contributed by atoms with Gasteiger partial charge in [-0.2, -0.15) is 9.78 Å². The molecular weight excluding hydrogens is 451 g/mol. The minimum absolute atomic E-state index is 0.0533. The Labute approximate surface area is 193 Å². The molecule has 0 saturated carbocycles. The van der Waals surface area contributed by atoms with Gasteiger partial charge in [0.25, 0.3) is 0 Å². The van der Waals surface area contributed by atoms with Gasteiger partial charge in [-0.1, -0.05) is 23.2 Å². The molecule has 4 heterocycles. The van der Waals surface area contributed by atoms with Crippen molar-refractivity contribution in [2.75, 3.05) is 13.2 Å². The Morgan fingerprint density at radius 1 is 1.03 bits per heavy atom. The van der Waals surface area contributed by atoms with Crippen molar-refractivity contribution in [3.8, 4) is 17.3 Å². The maximum Gasteiger partial charge on any atom is 0.336 e. The van der Waals surface area contributed by atoms with E-state index in [-0.39, 0.29) is 17.5 Å². The highest BCUT2D eigenvalue weighted by Gasteiger charge is 2.43. The first kappa shape index (κ1) is 19.7. The van der Waals surface area contributed by atoms with Crippen LogP contribution in [0.4, 0.5) is 0 Å². The van der Waals surface area contributed by atoms with Gasteiger partial charge in [0.15, 0.2) is 0 Å². The largest absolute Gasteiger partial charge is 0.493 e. The van der Waals surface area contributed by atoms with E-state index in [0.29, 0.717) is 46.2 Å². The summed E-state index contributed by atoms with van der Waals surface area (Å²) in [5, 5.41) is 6.72. The van der Waals surface area contributed by atoms with Crippen LogP contribution in [0.2, 0.25) is 10.0 Å². The predicted molar refractivity (Wildman–Crippen MR) is 122 cm³/mol. The number of benzene rings is 2. The van der Waals surface area contributed by atoms with E-state index in [4.69, 9.17) is 42.2 Å². The maximum atomic E-state index is 12.2. The molecule has 6 nitrogen and oxygen atoms in total. The molecule has 0 fully saturated rings. The Kier molecular flexibility index (Phi) is 4.32. The normalized spacial score (nSPS) is 19.0. The number of halogens is 2. The van der Waals surface area contributed by atoms with Crippen molar-refractivity contribution in [1.82, 2.24) is 9.78 Å². The Bertz CT molecular complexity index is 1470. The van der Waals surface area contributed by atoms with Gasteiger partial charge < -0.3 is 13.9 Å². The lowest BCUT2D eigenvalue weighted by atomic mass is 9.77. The molecule has 2 unspecified atom stereocenters. The van der Waals surface area contributed by atoms with Crippen LogP contribution in [-0.4, -0.2) is 23.0 Å². The molecule has 32 heavy (non-hydrogen) atoms. The van der Waals surface area contributed by atoms with Gasteiger partial charge in [0.2, 0.25) is 5.88 Å². The standard InChI is InChI=1S/C24H18Cl2N2O4/c1-11-7-19(29)32-23-15(11)4-6-18-22(23)21-13(9-30-18)10-31-24-20(21)12(2)27-28(24)17-8-14(25)3-5-16(17)26/h3-8,13,21H,9-10H2,1-2H3. The van der Waals surface area contributed by atoms with E-state index in [1.165, 1.54) is 6.07 Å². The molecule has 0 amide bonds. The second-order valence-electron chi connectivity index (χ2n) is 8.27. The molecular formula is C24H18Cl2N2O4. The average molecular weight is 469 g/mol. The molecule has 0 bridgehead atoms. The summed E-state index contributed by atoms with van der Waals surface area (Å²) >= 11 is 12.7. The van der Waals surface area contributed by atoms with Crippen LogP contribution in [0.5, 0.6) is 11.6 Å². The van der Waals surface area contributed by atoms with Crippen LogP contribution in [-0.2, 0) is 0 Å². The molecule has 162 valence electrons. The van der Waals surface area contributed by atoms with Crippen LogP contribution in [0.1, 0.15) is 28.3 Å². The monoisotopic (exact) mass is 468 g/mol. The minimum Gasteiger partial charge on any atom is -0.493 e. The van der Waals surface area contributed by atoms with E-state index in [0.717, 1.165) is 27.8 Å². The molecule has 2 aromatic heterocycles. The fraction of sp³-hybridized carbons (Fsp3) is 0.250. The second-order valence-corrected chi connectivity index (χ2v) is 9.12. The third kappa shape index (κ3) is 2.79. The molecule has 2 atom stereocenters. The van der Waals surface area contributed by atoms with Crippen molar-refractivity contribution in [3.63, 3.8) is 0 Å². The van der Waals surface area contributed by atoms with Gasteiger partial charge in [0, 0.05) is 39.4 Å². The van der Waals surface area contributed by atoms with Gasteiger partial charge in [0.05, 0.1) is 29.6 Å². The van der Waals surface area contributed by atoms with Gasteiger partial charge in [0.1, 0.15) is 11.3 Å². The number of fused-ring (bicyclic) bond motifs is 7. The summed E-state index contributed by atoms with van der Waals surface area (Å²) in [5.74, 6) is 1.29. The summed E-state index contributed by atoms with van der Waals surface area (Å²) < 4.78 is 19.7. The smallest absolute Gasteiger partial charge is 0.336 e. The summed E-state index contributed by atoms with van der Waals surface area (Å²) in [6.45, 7) is 4.79. The van der Waals surface area contributed by atoms with Crippen molar-refractivity contribution in [1.29, 1.82) is 0 Å². The molecule has 4 aromatic rings. The first-order valence-electron chi connectivity index (χ1n) is 10.3. The van der Waals surface area contributed by atoms with Crippen molar-refractivity contribution in [2.24, 2.45) is 5.92 Å². The Balaban J connectivity index is 1.64. The molecule has 2 aromatic carbocycles. The second kappa shape index (κ2) is 7.02. The lowest BCUT2D eigenvalue weighted by Gasteiger charge is -2.37. The summed E-state index contributed by atoms with van der Waals surface area (Å²) in [7, 11) is 0. The van der Waals surface area contributed by atoms with E-state index in [2.05, 4.69) is 0 Å². The first-order valence-corrected chi connectivity index (χ1v) is 11.1. The molecule has 6 rings (SSSR count). The Hall–Kier alpha value is -2.96. The number of ether oxygens (including phenoxy) is 2. The number of nitrogens with zero attached hydrogens (tertiary/aromatic N) is 2. The Morgan fingerprint density at radius 3 is 2.69 bits per heavy atom. The van der Waals surface area contributed by atoms with Crippen LogP contribution in [0.3, 0.4) is 0 Å². The lowest BCUT2D eigenvalue weighted by Crippen LogP contribution is -2.35. The molecule has 2 aliphatic heterocycles. The highest BCUT2D eigenvalue weighted by molar-refractivity contribution is 6.34. The molecule has 2 aliphatic rings. The predicted octanol–water partition coefficient (Wildman–Crippen LogP) is 5.44. The zero-order valence-corrected chi connectivity index (χ0v) is 18.8. The van der Waals surface area contributed by atoms with Crippen LogP contribution >= 0.6 is 23.2 Å². The number of rotatable bonds is 1. The van der Waals surface area contributed by atoms with E-state index in [1.54, 1.807) is 22.9 Å². The number of hydrogen-bond donors (Lipinski definition) is 0. The number of aromatic nitrogens is 2. The molecule has 0 N–H and O–H groups in total. The third-order valence-corrected chi connectivity index (χ3v) is 6.85. The Morgan fingerprint density at radius 2 is 1.84 bits per heavy atom. The maximum absolute atomic E-state index is 12.2. The summed E-state index contributed by atoms with van der Waals surface area (Å²) in [4.78, 5) is 12.2. The summed E-state index contributed by atoms with van der Waals surface area (Å²) in [5.41, 5.74) is 4.31. The van der Waals surface area contributed by atoms with Crippen LogP contribution in [0, 0.1) is 19.8 Å². The van der Waals surface area contributed by atoms with Gasteiger partial charge >= 0.3 is 5.63 Å². The molecule has 0 radical (unpaired) electrons. The SMILES string of the molecule is Cc1nn(-c2cc(Cl)ccc2Cl)c2c1C1c3c(ccc4c(C)cc(=O)oc34)OCC1CO2. The van der Waals surface area contributed by atoms with Gasteiger partial charge in [-0.3, -0.25) is 0 Å². The molecule has 8 heteroatoms. The molecule has 0 spiro atoms. The van der Waals surface area contributed by atoms with Crippen LogP contribution in [0.15, 0.2) is 45.6 Å². The van der Waals surface area contributed by atoms with E-state index in [9.17, 15) is 4.79 Å². The highest BCUT2D eigenvalue weighted by atomic mass is 35.5. The topological polar surface area (TPSA) is 66.5 Å². The lowest BCUT2D eigenvalue weighted by molar-refractivity contribution is 0.121. The zero-order chi connectivity index (χ0) is 22.1. The van der Waals surface area contributed by atoms with Gasteiger partial charge in [-0.05, 0) is 49.7 Å². The van der Waals surface area contributed by atoms with Gasteiger partial charge in [-0.15, -0.1) is 0 Å².